The smallest absolute Gasteiger partial charge is 0.0948 e. The van der Waals surface area contributed by atoms with Gasteiger partial charge in [-0.25, -0.2) is 9.97 Å². The first-order valence-corrected chi connectivity index (χ1v) is 10.4. The van der Waals surface area contributed by atoms with Gasteiger partial charge in [0.2, 0.25) is 0 Å². The minimum absolute atomic E-state index is 0.586. The molecule has 148 valence electrons. The van der Waals surface area contributed by atoms with Crippen molar-refractivity contribution in [1.29, 1.82) is 0 Å². The maximum Gasteiger partial charge on any atom is 0.0948 e. The van der Waals surface area contributed by atoms with Crippen molar-refractivity contribution in [3.8, 4) is 11.4 Å². The second-order valence-electron chi connectivity index (χ2n) is 7.65. The van der Waals surface area contributed by atoms with E-state index in [0.717, 1.165) is 72.3 Å². The van der Waals surface area contributed by atoms with Crippen LogP contribution >= 0.6 is 11.6 Å². The van der Waals surface area contributed by atoms with E-state index in [1.807, 2.05) is 23.9 Å². The predicted octanol–water partition coefficient (Wildman–Crippen LogP) is 4.15. The summed E-state index contributed by atoms with van der Waals surface area (Å²) in [5.41, 5.74) is 11.1. The molecular formula is C22H27ClN4O. The molecule has 0 spiro atoms. The lowest BCUT2D eigenvalue weighted by Gasteiger charge is -2.22. The zero-order valence-corrected chi connectivity index (χ0v) is 17.1. The zero-order chi connectivity index (χ0) is 19.5. The molecule has 1 aromatic carbocycles. The normalized spacial score (nSPS) is 15.4. The zero-order valence-electron chi connectivity index (χ0n) is 16.3. The van der Waals surface area contributed by atoms with E-state index in [0.29, 0.717) is 6.54 Å². The van der Waals surface area contributed by atoms with E-state index < -0.39 is 0 Å². The van der Waals surface area contributed by atoms with Gasteiger partial charge in [-0.15, -0.1) is 0 Å². The number of ether oxygens (including phenoxy) is 1. The highest BCUT2D eigenvalue weighted by Crippen LogP contribution is 2.31. The molecule has 5 nitrogen and oxygen atoms in total. The fraction of sp³-hybridized carbons (Fsp3) is 0.455. The summed E-state index contributed by atoms with van der Waals surface area (Å²) in [6.45, 7) is 2.36. The quantitative estimate of drug-likeness (QED) is 0.677. The largest absolute Gasteiger partial charge is 0.381 e. The van der Waals surface area contributed by atoms with Crippen molar-refractivity contribution in [2.45, 2.75) is 32.1 Å². The number of nitrogens with two attached hydrogens (primary N) is 1. The van der Waals surface area contributed by atoms with Gasteiger partial charge < -0.3 is 15.0 Å². The van der Waals surface area contributed by atoms with Gasteiger partial charge in [0.15, 0.2) is 0 Å². The molecular weight excluding hydrogens is 372 g/mol. The summed E-state index contributed by atoms with van der Waals surface area (Å²) in [6.07, 6.45) is 8.95. The third-order valence-electron chi connectivity index (χ3n) is 5.72. The molecule has 6 heteroatoms. The van der Waals surface area contributed by atoms with Gasteiger partial charge in [0, 0.05) is 30.7 Å². The highest BCUT2D eigenvalue weighted by molar-refractivity contribution is 6.32. The number of imidazole rings is 1. The van der Waals surface area contributed by atoms with Crippen molar-refractivity contribution in [2.75, 3.05) is 19.8 Å². The van der Waals surface area contributed by atoms with Crippen LogP contribution in [0.25, 0.3) is 22.3 Å². The van der Waals surface area contributed by atoms with Crippen LogP contribution in [-0.2, 0) is 24.6 Å². The molecule has 1 aliphatic rings. The lowest BCUT2D eigenvalue weighted by molar-refractivity contribution is 0.0640. The standard InChI is InChI=1S/C22H27ClN4O/c1-27-14-25-13-22(27)21-11-16(3-2-15-5-8-28-9-6-15)18-10-17(4-7-24)19(23)12-20(18)26-21/h10-15H,2-9,24H2,1H3. The number of rotatable bonds is 6. The van der Waals surface area contributed by atoms with E-state index in [1.165, 1.54) is 17.4 Å². The van der Waals surface area contributed by atoms with Crippen LogP contribution in [0.5, 0.6) is 0 Å². The van der Waals surface area contributed by atoms with Gasteiger partial charge >= 0.3 is 0 Å². The fourth-order valence-electron chi connectivity index (χ4n) is 4.05. The molecule has 0 saturated carbocycles. The van der Waals surface area contributed by atoms with Gasteiger partial charge in [0.05, 0.1) is 29.4 Å². The van der Waals surface area contributed by atoms with E-state index in [9.17, 15) is 0 Å². The Morgan fingerprint density at radius 1 is 1.18 bits per heavy atom. The maximum atomic E-state index is 6.51. The number of aryl methyl sites for hydroxylation is 2. The average Bonchev–Trinajstić information content (AvgIpc) is 3.13. The molecule has 0 radical (unpaired) electrons. The number of aromatic nitrogens is 3. The average molecular weight is 399 g/mol. The van der Waals surface area contributed by atoms with Crippen molar-refractivity contribution >= 4 is 22.5 Å². The molecule has 3 heterocycles. The van der Waals surface area contributed by atoms with Crippen LogP contribution in [0.4, 0.5) is 0 Å². The maximum absolute atomic E-state index is 6.51. The molecule has 3 aromatic rings. The second-order valence-corrected chi connectivity index (χ2v) is 8.06. The van der Waals surface area contributed by atoms with Crippen LogP contribution in [0, 0.1) is 5.92 Å². The highest BCUT2D eigenvalue weighted by atomic mass is 35.5. The Hall–Kier alpha value is -1.95. The van der Waals surface area contributed by atoms with Crippen LogP contribution < -0.4 is 5.73 Å². The minimum Gasteiger partial charge on any atom is -0.381 e. The Labute approximate surface area is 170 Å². The third kappa shape index (κ3) is 4.07. The molecule has 0 bridgehead atoms. The van der Waals surface area contributed by atoms with Gasteiger partial charge in [-0.3, -0.25) is 0 Å². The molecule has 0 atom stereocenters. The van der Waals surface area contributed by atoms with Gasteiger partial charge in [-0.2, -0.15) is 0 Å². The molecule has 0 amide bonds. The van der Waals surface area contributed by atoms with Crippen molar-refractivity contribution in [1.82, 2.24) is 14.5 Å². The number of nitrogens with zero attached hydrogens (tertiary/aromatic N) is 3. The number of benzene rings is 1. The molecule has 0 unspecified atom stereocenters. The minimum atomic E-state index is 0.586. The van der Waals surface area contributed by atoms with Crippen LogP contribution in [0.2, 0.25) is 5.02 Å². The summed E-state index contributed by atoms with van der Waals surface area (Å²) < 4.78 is 7.51. The molecule has 2 N–H and O–H groups in total. The van der Waals surface area contributed by atoms with Crippen LogP contribution in [0.15, 0.2) is 30.7 Å². The molecule has 28 heavy (non-hydrogen) atoms. The van der Waals surface area contributed by atoms with E-state index >= 15 is 0 Å². The summed E-state index contributed by atoms with van der Waals surface area (Å²) in [4.78, 5) is 9.15. The summed E-state index contributed by atoms with van der Waals surface area (Å²) in [6, 6.07) is 6.39. The third-order valence-corrected chi connectivity index (χ3v) is 6.07. The van der Waals surface area contributed by atoms with Crippen molar-refractivity contribution in [3.05, 3.63) is 46.9 Å². The van der Waals surface area contributed by atoms with E-state index in [1.54, 1.807) is 6.33 Å². The fourth-order valence-corrected chi connectivity index (χ4v) is 4.30. The second kappa shape index (κ2) is 8.60. The summed E-state index contributed by atoms with van der Waals surface area (Å²) >= 11 is 6.51. The van der Waals surface area contributed by atoms with Gasteiger partial charge in [0.25, 0.3) is 0 Å². The Bertz CT molecular complexity index is 963. The van der Waals surface area contributed by atoms with Gasteiger partial charge in [-0.1, -0.05) is 11.6 Å². The monoisotopic (exact) mass is 398 g/mol. The molecule has 0 aliphatic carbocycles. The Morgan fingerprint density at radius 2 is 2.00 bits per heavy atom. The van der Waals surface area contributed by atoms with Crippen LogP contribution in [-0.4, -0.2) is 34.3 Å². The topological polar surface area (TPSA) is 66.0 Å². The highest BCUT2D eigenvalue weighted by Gasteiger charge is 2.17. The number of fused-ring (bicyclic) bond motifs is 1. The summed E-state index contributed by atoms with van der Waals surface area (Å²) in [5, 5.41) is 1.92. The first-order chi connectivity index (χ1) is 13.7. The first kappa shape index (κ1) is 19.4. The van der Waals surface area contributed by atoms with E-state index in [2.05, 4.69) is 17.1 Å². The summed E-state index contributed by atoms with van der Waals surface area (Å²) in [7, 11) is 1.99. The number of halogens is 1. The van der Waals surface area contributed by atoms with Gasteiger partial charge in [-0.05, 0) is 73.9 Å². The number of hydrogen-bond acceptors (Lipinski definition) is 4. The lowest BCUT2D eigenvalue weighted by Crippen LogP contribution is -2.16. The van der Waals surface area contributed by atoms with Crippen LogP contribution in [0.3, 0.4) is 0 Å². The predicted molar refractivity (Wildman–Crippen MR) is 114 cm³/mol. The van der Waals surface area contributed by atoms with E-state index in [4.69, 9.17) is 27.1 Å². The Kier molecular flexibility index (Phi) is 5.95. The molecule has 1 saturated heterocycles. The van der Waals surface area contributed by atoms with Gasteiger partial charge in [0.1, 0.15) is 0 Å². The molecule has 1 fully saturated rings. The number of hydrogen-bond donors (Lipinski definition) is 1. The summed E-state index contributed by atoms with van der Waals surface area (Å²) in [5.74, 6) is 0.730. The number of pyridine rings is 1. The van der Waals surface area contributed by atoms with Crippen molar-refractivity contribution in [2.24, 2.45) is 18.7 Å². The SMILES string of the molecule is Cn1cncc1-c1cc(CCC2CCOCC2)c2cc(CCN)c(Cl)cc2n1. The molecule has 2 aromatic heterocycles. The van der Waals surface area contributed by atoms with Crippen molar-refractivity contribution < 1.29 is 4.74 Å². The van der Waals surface area contributed by atoms with Crippen LogP contribution in [0.1, 0.15) is 30.4 Å². The Morgan fingerprint density at radius 3 is 2.71 bits per heavy atom. The lowest BCUT2D eigenvalue weighted by atomic mass is 9.91. The van der Waals surface area contributed by atoms with Crippen molar-refractivity contribution in [3.63, 3.8) is 0 Å². The first-order valence-electron chi connectivity index (χ1n) is 10.0. The Balaban J connectivity index is 1.75. The van der Waals surface area contributed by atoms with E-state index in [-0.39, 0.29) is 0 Å². The molecule has 1 aliphatic heterocycles. The molecule has 4 rings (SSSR count).